The maximum atomic E-state index is 14.1. The molecule has 1 aromatic heterocycles. The van der Waals surface area contributed by atoms with E-state index in [2.05, 4.69) is 10.2 Å². The van der Waals surface area contributed by atoms with E-state index in [9.17, 15) is 9.18 Å². The highest BCUT2D eigenvalue weighted by Gasteiger charge is 2.25. The number of aromatic nitrogens is 2. The number of nitrogens with one attached hydrogen (secondary N) is 1. The van der Waals surface area contributed by atoms with Crippen LogP contribution in [0, 0.1) is 5.82 Å². The summed E-state index contributed by atoms with van der Waals surface area (Å²) in [6.45, 7) is 2.65. The minimum atomic E-state index is -0.356. The summed E-state index contributed by atoms with van der Waals surface area (Å²) in [6, 6.07) is 4.55. The fourth-order valence-electron chi connectivity index (χ4n) is 2.60. The van der Waals surface area contributed by atoms with Crippen molar-refractivity contribution in [2.75, 3.05) is 13.7 Å². The molecular weight excluding hydrogens is 273 g/mol. The van der Waals surface area contributed by atoms with Gasteiger partial charge < -0.3 is 9.64 Å². The number of H-pyrrole nitrogens is 1. The lowest BCUT2D eigenvalue weighted by Crippen LogP contribution is -2.34. The van der Waals surface area contributed by atoms with Crippen LogP contribution >= 0.6 is 0 Å². The number of hydrogen-bond donors (Lipinski definition) is 1. The van der Waals surface area contributed by atoms with Gasteiger partial charge in [-0.3, -0.25) is 9.89 Å². The van der Waals surface area contributed by atoms with Crippen molar-refractivity contribution < 1.29 is 13.9 Å². The van der Waals surface area contributed by atoms with Crippen LogP contribution in [0.1, 0.15) is 18.2 Å². The van der Waals surface area contributed by atoms with Gasteiger partial charge in [-0.25, -0.2) is 4.39 Å². The first-order chi connectivity index (χ1) is 10.1. The fraction of sp³-hybridized carbons (Fsp3) is 0.333. The van der Waals surface area contributed by atoms with Gasteiger partial charge in [0.2, 0.25) is 5.91 Å². The lowest BCUT2D eigenvalue weighted by atomic mass is 10.0. The summed E-state index contributed by atoms with van der Waals surface area (Å²) in [6.07, 6.45) is 0.702. The minimum absolute atomic E-state index is 0.0129. The normalized spacial score (nSPS) is 14.0. The molecular formula is C15H16FN3O2. The molecule has 6 heteroatoms. The maximum absolute atomic E-state index is 14.1. The van der Waals surface area contributed by atoms with Gasteiger partial charge in [-0.05, 0) is 18.2 Å². The van der Waals surface area contributed by atoms with E-state index in [-0.39, 0.29) is 11.7 Å². The maximum Gasteiger partial charge on any atom is 0.219 e. The largest absolute Gasteiger partial charge is 0.497 e. The number of ether oxygens (including phenoxy) is 1. The number of rotatable bonds is 2. The third-order valence-electron chi connectivity index (χ3n) is 3.81. The van der Waals surface area contributed by atoms with E-state index in [0.29, 0.717) is 36.5 Å². The van der Waals surface area contributed by atoms with Crippen LogP contribution in [-0.2, 0) is 17.8 Å². The monoisotopic (exact) mass is 289 g/mol. The van der Waals surface area contributed by atoms with Crippen molar-refractivity contribution in [2.24, 2.45) is 0 Å². The van der Waals surface area contributed by atoms with Crippen LogP contribution < -0.4 is 4.74 Å². The molecule has 1 aliphatic rings. The number of benzene rings is 1. The lowest BCUT2D eigenvalue weighted by molar-refractivity contribution is -0.129. The molecule has 0 radical (unpaired) electrons. The Balaban J connectivity index is 2.05. The highest BCUT2D eigenvalue weighted by Crippen LogP contribution is 2.32. The number of carbonyl (C=O) groups excluding carboxylic acids is 1. The van der Waals surface area contributed by atoms with Crippen LogP contribution in [0.5, 0.6) is 5.75 Å². The molecule has 0 atom stereocenters. The summed E-state index contributed by atoms with van der Waals surface area (Å²) in [5.41, 5.74) is 2.78. The van der Waals surface area contributed by atoms with E-state index in [4.69, 9.17) is 4.74 Å². The summed E-state index contributed by atoms with van der Waals surface area (Å²) < 4.78 is 19.2. The van der Waals surface area contributed by atoms with Crippen LogP contribution in [0.3, 0.4) is 0 Å². The Labute approximate surface area is 121 Å². The minimum Gasteiger partial charge on any atom is -0.497 e. The molecule has 21 heavy (non-hydrogen) atoms. The average molecular weight is 289 g/mol. The molecule has 3 rings (SSSR count). The molecule has 1 N–H and O–H groups in total. The number of methoxy groups -OCH3 is 1. The van der Waals surface area contributed by atoms with Crippen LogP contribution in [0.4, 0.5) is 4.39 Å². The molecule has 0 unspecified atom stereocenters. The van der Waals surface area contributed by atoms with Gasteiger partial charge in [0, 0.05) is 43.3 Å². The summed E-state index contributed by atoms with van der Waals surface area (Å²) in [5, 5.41) is 7.19. The van der Waals surface area contributed by atoms with Crippen LogP contribution in [0.15, 0.2) is 18.2 Å². The zero-order valence-electron chi connectivity index (χ0n) is 11.9. The zero-order chi connectivity index (χ0) is 15.0. The number of fused-ring (bicyclic) bond motifs is 1. The molecule has 1 aliphatic heterocycles. The number of halogens is 1. The van der Waals surface area contributed by atoms with Gasteiger partial charge in [-0.15, -0.1) is 0 Å². The van der Waals surface area contributed by atoms with Crippen molar-refractivity contribution in [3.8, 4) is 17.0 Å². The van der Waals surface area contributed by atoms with Gasteiger partial charge in [-0.2, -0.15) is 5.10 Å². The van der Waals surface area contributed by atoms with Gasteiger partial charge in [-0.1, -0.05) is 0 Å². The number of hydrogen-bond acceptors (Lipinski definition) is 3. The van der Waals surface area contributed by atoms with Gasteiger partial charge in [0.25, 0.3) is 0 Å². The van der Waals surface area contributed by atoms with E-state index in [1.165, 1.54) is 20.1 Å². The fourth-order valence-corrected chi connectivity index (χ4v) is 2.60. The SMILES string of the molecule is COc1ccc(F)c(-c2n[nH]c3c2CN(C(C)=O)CC3)c1. The standard InChI is InChI=1S/C15H16FN3O2/c1-9(20)19-6-5-14-12(8-19)15(18-17-14)11-7-10(21-2)3-4-13(11)16/h3-4,7H,5-6,8H2,1-2H3,(H,17,18). The number of amides is 1. The molecule has 0 fully saturated rings. The van der Waals surface area contributed by atoms with Crippen molar-refractivity contribution in [3.05, 3.63) is 35.3 Å². The number of aromatic amines is 1. The summed E-state index contributed by atoms with van der Waals surface area (Å²) in [7, 11) is 1.54. The Bertz CT molecular complexity index is 696. The first-order valence-corrected chi connectivity index (χ1v) is 6.75. The van der Waals surface area contributed by atoms with E-state index in [1.54, 1.807) is 17.0 Å². The zero-order valence-corrected chi connectivity index (χ0v) is 11.9. The van der Waals surface area contributed by atoms with E-state index in [1.807, 2.05) is 0 Å². The molecule has 1 amide bonds. The van der Waals surface area contributed by atoms with Gasteiger partial charge in [0.05, 0.1) is 7.11 Å². The molecule has 0 aliphatic carbocycles. The molecule has 0 spiro atoms. The first kappa shape index (κ1) is 13.6. The van der Waals surface area contributed by atoms with Crippen molar-refractivity contribution in [1.82, 2.24) is 15.1 Å². The Morgan fingerprint density at radius 1 is 1.48 bits per heavy atom. The topological polar surface area (TPSA) is 58.2 Å². The highest BCUT2D eigenvalue weighted by molar-refractivity contribution is 5.75. The third-order valence-corrected chi connectivity index (χ3v) is 3.81. The van der Waals surface area contributed by atoms with Crippen molar-refractivity contribution in [1.29, 1.82) is 0 Å². The summed E-state index contributed by atoms with van der Waals surface area (Å²) in [4.78, 5) is 13.3. The first-order valence-electron chi connectivity index (χ1n) is 6.75. The molecule has 1 aromatic carbocycles. The van der Waals surface area contributed by atoms with E-state index < -0.39 is 0 Å². The second-order valence-electron chi connectivity index (χ2n) is 5.07. The van der Waals surface area contributed by atoms with Gasteiger partial charge in [0.15, 0.2) is 0 Å². The van der Waals surface area contributed by atoms with Crippen molar-refractivity contribution >= 4 is 5.91 Å². The molecule has 110 valence electrons. The Kier molecular flexibility index (Phi) is 3.37. The van der Waals surface area contributed by atoms with E-state index in [0.717, 1.165) is 11.3 Å². The number of nitrogens with zero attached hydrogens (tertiary/aromatic N) is 2. The average Bonchev–Trinajstić information content (AvgIpc) is 2.90. The number of carbonyl (C=O) groups is 1. The Hall–Kier alpha value is -2.37. The van der Waals surface area contributed by atoms with Crippen molar-refractivity contribution in [2.45, 2.75) is 19.9 Å². The van der Waals surface area contributed by atoms with Gasteiger partial charge >= 0.3 is 0 Å². The molecule has 2 heterocycles. The smallest absolute Gasteiger partial charge is 0.219 e. The Morgan fingerprint density at radius 3 is 3.00 bits per heavy atom. The third kappa shape index (κ3) is 2.37. The summed E-state index contributed by atoms with van der Waals surface area (Å²) >= 11 is 0. The van der Waals surface area contributed by atoms with Crippen LogP contribution in [0.2, 0.25) is 0 Å². The molecule has 5 nitrogen and oxygen atoms in total. The second kappa shape index (κ2) is 5.20. The lowest BCUT2D eigenvalue weighted by Gasteiger charge is -2.26. The quantitative estimate of drug-likeness (QED) is 0.921. The predicted molar refractivity (Wildman–Crippen MR) is 75.3 cm³/mol. The molecule has 2 aromatic rings. The summed E-state index contributed by atoms with van der Waals surface area (Å²) in [5.74, 6) is 0.228. The molecule has 0 saturated heterocycles. The van der Waals surface area contributed by atoms with Crippen LogP contribution in [-0.4, -0.2) is 34.7 Å². The predicted octanol–water partition coefficient (Wildman–Crippen LogP) is 2.13. The van der Waals surface area contributed by atoms with Gasteiger partial charge in [0.1, 0.15) is 17.3 Å². The highest BCUT2D eigenvalue weighted by atomic mass is 19.1. The second-order valence-corrected chi connectivity index (χ2v) is 5.07. The molecule has 0 saturated carbocycles. The molecule has 0 bridgehead atoms. The van der Waals surface area contributed by atoms with E-state index >= 15 is 0 Å². The van der Waals surface area contributed by atoms with Crippen molar-refractivity contribution in [3.63, 3.8) is 0 Å². The van der Waals surface area contributed by atoms with Crippen LogP contribution in [0.25, 0.3) is 11.3 Å². The Morgan fingerprint density at radius 2 is 2.29 bits per heavy atom.